The van der Waals surface area contributed by atoms with Crippen LogP contribution in [0.2, 0.25) is 0 Å². The van der Waals surface area contributed by atoms with Crippen molar-refractivity contribution in [2.75, 3.05) is 0 Å². The lowest BCUT2D eigenvalue weighted by Crippen LogP contribution is -2.25. The molecule has 16 heteroatoms. The maximum Gasteiger partial charge on any atom is 0.425 e. The molecular weight excluding hydrogens is 570 g/mol. The SMILES string of the molecule is CCCC(F)Cn1ccc2cc(-c3ncc(C(C)(F)F)cn3)c(F)c(F)c2c1=O.O=c1[nH]ncc(O)c1C(F)(F)F. The van der Waals surface area contributed by atoms with Gasteiger partial charge in [0, 0.05) is 25.5 Å². The molecule has 4 aromatic rings. The molecule has 0 spiro atoms. The standard InChI is InChI=1S/C20H18F5N3O.C5H3F3N2O2/c1-3-4-13(21)10-28-6-5-11-7-14(16(22)17(23)15(11)19(28)29)18-26-8-12(9-27-18)20(2,24)25;6-5(7,8)3-2(11)1-9-10-4(3)12/h5-9,13H,3-4,10H2,1-2H3;1H,(H2,10,11,12). The number of benzene rings is 1. The summed E-state index contributed by atoms with van der Waals surface area (Å²) in [5.41, 5.74) is -4.78. The summed E-state index contributed by atoms with van der Waals surface area (Å²) in [7, 11) is 0. The van der Waals surface area contributed by atoms with E-state index >= 15 is 0 Å². The molecule has 0 radical (unpaired) electrons. The van der Waals surface area contributed by atoms with Gasteiger partial charge in [-0.1, -0.05) is 13.3 Å². The Hall–Kier alpha value is -4.37. The van der Waals surface area contributed by atoms with Gasteiger partial charge in [0.05, 0.1) is 29.3 Å². The lowest BCUT2D eigenvalue weighted by atomic mass is 10.1. The number of aromatic nitrogens is 5. The lowest BCUT2D eigenvalue weighted by Gasteiger charge is -2.13. The van der Waals surface area contributed by atoms with Crippen LogP contribution in [0, 0.1) is 11.6 Å². The second kappa shape index (κ2) is 12.0. The Morgan fingerprint density at radius 3 is 2.20 bits per heavy atom. The Morgan fingerprint density at radius 2 is 1.68 bits per heavy atom. The maximum absolute atomic E-state index is 14.7. The topological polar surface area (TPSA) is 114 Å². The lowest BCUT2D eigenvalue weighted by molar-refractivity contribution is -0.140. The number of hydrogen-bond donors (Lipinski definition) is 2. The van der Waals surface area contributed by atoms with Crippen LogP contribution in [-0.2, 0) is 18.6 Å². The van der Waals surface area contributed by atoms with Crippen LogP contribution in [-0.4, -0.2) is 36.0 Å². The van der Waals surface area contributed by atoms with Crippen LogP contribution in [0.1, 0.15) is 37.8 Å². The first kappa shape index (κ1) is 31.2. The second-order valence-corrected chi connectivity index (χ2v) is 8.82. The van der Waals surface area contributed by atoms with Gasteiger partial charge in [0.15, 0.2) is 28.8 Å². The van der Waals surface area contributed by atoms with Crippen molar-refractivity contribution in [1.29, 1.82) is 0 Å². The summed E-state index contributed by atoms with van der Waals surface area (Å²) in [6.45, 7) is 2.19. The first-order chi connectivity index (χ1) is 19.1. The molecule has 0 amide bonds. The normalized spacial score (nSPS) is 12.6. The highest BCUT2D eigenvalue weighted by Gasteiger charge is 2.37. The van der Waals surface area contributed by atoms with Crippen LogP contribution in [0.25, 0.3) is 22.2 Å². The number of alkyl halides is 6. The number of H-pyrrole nitrogens is 1. The van der Waals surface area contributed by atoms with Crippen molar-refractivity contribution in [3.05, 3.63) is 80.4 Å². The predicted molar refractivity (Wildman–Crippen MR) is 130 cm³/mol. The zero-order chi connectivity index (χ0) is 30.7. The van der Waals surface area contributed by atoms with E-state index in [9.17, 15) is 44.7 Å². The third-order valence-electron chi connectivity index (χ3n) is 5.66. The number of hydrogen-bond acceptors (Lipinski definition) is 6. The predicted octanol–water partition coefficient (Wildman–Crippen LogP) is 5.48. The molecule has 0 aliphatic carbocycles. The number of rotatable bonds is 6. The van der Waals surface area contributed by atoms with Crippen LogP contribution in [0.5, 0.6) is 5.75 Å². The number of aromatic amines is 1. The highest BCUT2D eigenvalue weighted by Crippen LogP contribution is 2.32. The average Bonchev–Trinajstić information content (AvgIpc) is 2.87. The molecule has 220 valence electrons. The molecule has 4 rings (SSSR count). The zero-order valence-electron chi connectivity index (χ0n) is 21.2. The van der Waals surface area contributed by atoms with Crippen molar-refractivity contribution in [2.24, 2.45) is 0 Å². The molecule has 1 aromatic carbocycles. The molecule has 3 heterocycles. The van der Waals surface area contributed by atoms with Gasteiger partial charge in [-0.25, -0.2) is 37.0 Å². The Kier molecular flexibility index (Phi) is 9.13. The smallest absolute Gasteiger partial charge is 0.425 e. The summed E-state index contributed by atoms with van der Waals surface area (Å²) >= 11 is 0. The molecule has 1 atom stereocenters. The Labute approximate surface area is 225 Å². The minimum atomic E-state index is -4.86. The molecule has 1 unspecified atom stereocenters. The number of pyridine rings is 1. The van der Waals surface area contributed by atoms with Crippen molar-refractivity contribution >= 4 is 10.8 Å². The first-order valence-electron chi connectivity index (χ1n) is 11.8. The average molecular weight is 591 g/mol. The molecular formula is C25H21F8N5O3. The summed E-state index contributed by atoms with van der Waals surface area (Å²) in [5, 5.41) is 12.7. The van der Waals surface area contributed by atoms with Crippen molar-refractivity contribution in [2.45, 2.75) is 51.5 Å². The van der Waals surface area contributed by atoms with E-state index in [0.29, 0.717) is 19.5 Å². The van der Waals surface area contributed by atoms with Crippen LogP contribution in [0.3, 0.4) is 0 Å². The second-order valence-electron chi connectivity index (χ2n) is 8.82. The molecule has 0 saturated carbocycles. The van der Waals surface area contributed by atoms with E-state index in [1.54, 1.807) is 12.0 Å². The van der Waals surface area contributed by atoms with E-state index in [1.165, 1.54) is 12.3 Å². The highest BCUT2D eigenvalue weighted by atomic mass is 19.4. The zero-order valence-corrected chi connectivity index (χ0v) is 21.2. The van der Waals surface area contributed by atoms with E-state index in [0.717, 1.165) is 23.0 Å². The molecule has 41 heavy (non-hydrogen) atoms. The van der Waals surface area contributed by atoms with Gasteiger partial charge in [-0.05, 0) is 23.9 Å². The van der Waals surface area contributed by atoms with Crippen molar-refractivity contribution in [3.8, 4) is 17.1 Å². The Morgan fingerprint density at radius 1 is 1.05 bits per heavy atom. The summed E-state index contributed by atoms with van der Waals surface area (Å²) in [4.78, 5) is 30.4. The molecule has 2 N–H and O–H groups in total. The van der Waals surface area contributed by atoms with Gasteiger partial charge in [-0.15, -0.1) is 0 Å². The molecule has 0 bridgehead atoms. The Balaban J connectivity index is 0.000000322. The van der Waals surface area contributed by atoms with Crippen molar-refractivity contribution in [1.82, 2.24) is 24.7 Å². The van der Waals surface area contributed by atoms with Gasteiger partial charge in [-0.3, -0.25) is 9.59 Å². The van der Waals surface area contributed by atoms with Crippen LogP contribution in [0.4, 0.5) is 35.1 Å². The largest absolute Gasteiger partial charge is 0.505 e. The summed E-state index contributed by atoms with van der Waals surface area (Å²) < 4.78 is 106. The monoisotopic (exact) mass is 591 g/mol. The van der Waals surface area contributed by atoms with Gasteiger partial charge in [0.25, 0.3) is 17.0 Å². The van der Waals surface area contributed by atoms with Gasteiger partial charge >= 0.3 is 6.18 Å². The number of halogens is 8. The Bertz CT molecular complexity index is 1650. The third kappa shape index (κ3) is 7.05. The minimum Gasteiger partial charge on any atom is -0.505 e. The minimum absolute atomic E-state index is 0.0690. The van der Waals surface area contributed by atoms with E-state index in [2.05, 4.69) is 15.1 Å². The van der Waals surface area contributed by atoms with Crippen molar-refractivity contribution in [3.63, 3.8) is 0 Å². The number of fused-ring (bicyclic) bond motifs is 1. The molecule has 0 fully saturated rings. The summed E-state index contributed by atoms with van der Waals surface area (Å²) in [6, 6.07) is 2.52. The quantitative estimate of drug-likeness (QED) is 0.287. The van der Waals surface area contributed by atoms with E-state index in [4.69, 9.17) is 5.11 Å². The van der Waals surface area contributed by atoms with Gasteiger partial charge in [0.2, 0.25) is 0 Å². The fraction of sp³-hybridized carbons (Fsp3) is 0.320. The van der Waals surface area contributed by atoms with Crippen LogP contribution < -0.4 is 11.1 Å². The molecule has 0 aliphatic heterocycles. The van der Waals surface area contributed by atoms with Crippen LogP contribution in [0.15, 0.2) is 46.5 Å². The first-order valence-corrected chi connectivity index (χ1v) is 11.8. The summed E-state index contributed by atoms with van der Waals surface area (Å²) in [5.74, 6) is -7.45. The number of nitrogens with one attached hydrogen (secondary N) is 1. The van der Waals surface area contributed by atoms with Crippen molar-refractivity contribution < 1.29 is 40.2 Å². The van der Waals surface area contributed by atoms with E-state index in [-0.39, 0.29) is 29.7 Å². The fourth-order valence-corrected chi connectivity index (χ4v) is 3.66. The van der Waals surface area contributed by atoms with E-state index in [1.807, 2.05) is 0 Å². The molecule has 3 aromatic heterocycles. The maximum atomic E-state index is 14.7. The summed E-state index contributed by atoms with van der Waals surface area (Å²) in [6.07, 6.45) is -1.84. The van der Waals surface area contributed by atoms with Gasteiger partial charge in [-0.2, -0.15) is 18.3 Å². The molecule has 8 nitrogen and oxygen atoms in total. The number of aromatic hydroxyl groups is 1. The molecule has 0 saturated heterocycles. The number of nitrogens with zero attached hydrogens (tertiary/aromatic N) is 4. The molecule has 0 aliphatic rings. The van der Waals surface area contributed by atoms with E-state index < -0.39 is 63.3 Å². The fourth-order valence-electron chi connectivity index (χ4n) is 3.66. The van der Waals surface area contributed by atoms with Gasteiger partial charge < -0.3 is 9.67 Å². The van der Waals surface area contributed by atoms with Gasteiger partial charge in [0.1, 0.15) is 6.17 Å². The van der Waals surface area contributed by atoms with Crippen LogP contribution >= 0.6 is 0 Å². The highest BCUT2D eigenvalue weighted by molar-refractivity contribution is 5.86. The third-order valence-corrected chi connectivity index (χ3v) is 5.66.